The summed E-state index contributed by atoms with van der Waals surface area (Å²) in [5.74, 6) is 2.34. The SMILES string of the molecule is CCNC(=NCc1ccc(CN(C)C)cc1)NCc1ccc(OC)cc1OC.I. The Bertz CT molecular complexity index is 764. The molecule has 0 aliphatic carbocycles. The Labute approximate surface area is 191 Å². The first-order valence-electron chi connectivity index (χ1n) is 9.51. The van der Waals surface area contributed by atoms with Gasteiger partial charge in [-0.25, -0.2) is 4.99 Å². The van der Waals surface area contributed by atoms with Crippen LogP contribution in [0.15, 0.2) is 47.5 Å². The first-order valence-corrected chi connectivity index (χ1v) is 9.51. The van der Waals surface area contributed by atoms with Gasteiger partial charge < -0.3 is 25.0 Å². The highest BCUT2D eigenvalue weighted by molar-refractivity contribution is 14.0. The van der Waals surface area contributed by atoms with Crippen LogP contribution in [0.4, 0.5) is 0 Å². The predicted octanol–water partition coefficient (Wildman–Crippen LogP) is 3.64. The highest BCUT2D eigenvalue weighted by atomic mass is 127. The standard InChI is InChI=1S/C22H32N4O2.HI/c1-6-23-22(24-14-17-7-9-18(10-8-17)16-26(2)3)25-15-19-11-12-20(27-4)13-21(19)28-5;/h7-13H,6,14-16H2,1-5H3,(H2,23,24,25);1H. The van der Waals surface area contributed by atoms with Crippen LogP contribution in [0.1, 0.15) is 23.6 Å². The second-order valence-corrected chi connectivity index (χ2v) is 6.78. The summed E-state index contributed by atoms with van der Waals surface area (Å²) >= 11 is 0. The largest absolute Gasteiger partial charge is 0.497 e. The van der Waals surface area contributed by atoms with Crippen LogP contribution in [0.25, 0.3) is 0 Å². The molecule has 0 atom stereocenters. The van der Waals surface area contributed by atoms with E-state index in [1.165, 1.54) is 11.1 Å². The van der Waals surface area contributed by atoms with E-state index in [-0.39, 0.29) is 24.0 Å². The minimum atomic E-state index is 0. The number of ether oxygens (including phenoxy) is 2. The number of benzene rings is 2. The van der Waals surface area contributed by atoms with Gasteiger partial charge in [-0.1, -0.05) is 24.3 Å². The number of hydrogen-bond donors (Lipinski definition) is 2. The van der Waals surface area contributed by atoms with Crippen molar-refractivity contribution in [3.63, 3.8) is 0 Å². The molecule has 2 aromatic carbocycles. The average Bonchev–Trinajstić information content (AvgIpc) is 2.70. The van der Waals surface area contributed by atoms with Crippen LogP contribution in [0.5, 0.6) is 11.5 Å². The normalized spacial score (nSPS) is 11.0. The molecule has 2 rings (SSSR count). The maximum Gasteiger partial charge on any atom is 0.191 e. The molecule has 0 aliphatic heterocycles. The van der Waals surface area contributed by atoms with Crippen molar-refractivity contribution in [1.82, 2.24) is 15.5 Å². The third-order valence-electron chi connectivity index (χ3n) is 4.23. The van der Waals surface area contributed by atoms with E-state index < -0.39 is 0 Å². The lowest BCUT2D eigenvalue weighted by atomic mass is 10.1. The Balaban J connectivity index is 0.00000420. The highest BCUT2D eigenvalue weighted by Gasteiger charge is 2.06. The molecule has 0 spiro atoms. The van der Waals surface area contributed by atoms with Gasteiger partial charge in [-0.3, -0.25) is 0 Å². The molecule has 0 saturated carbocycles. The van der Waals surface area contributed by atoms with E-state index in [2.05, 4.69) is 60.8 Å². The molecule has 7 heteroatoms. The van der Waals surface area contributed by atoms with Crippen LogP contribution in [-0.2, 0) is 19.6 Å². The summed E-state index contributed by atoms with van der Waals surface area (Å²) in [4.78, 5) is 6.86. The van der Waals surface area contributed by atoms with E-state index in [1.807, 2.05) is 18.2 Å². The van der Waals surface area contributed by atoms with E-state index >= 15 is 0 Å². The Kier molecular flexibility index (Phi) is 11.5. The Hall–Kier alpha value is -2.00. The molecular weight excluding hydrogens is 479 g/mol. The maximum absolute atomic E-state index is 5.46. The van der Waals surface area contributed by atoms with E-state index in [1.54, 1.807) is 14.2 Å². The number of aliphatic imine (C=N–C) groups is 1. The van der Waals surface area contributed by atoms with E-state index in [0.29, 0.717) is 13.1 Å². The predicted molar refractivity (Wildman–Crippen MR) is 130 cm³/mol. The Morgan fingerprint density at radius 3 is 2.24 bits per heavy atom. The lowest BCUT2D eigenvalue weighted by molar-refractivity contribution is 0.390. The zero-order chi connectivity index (χ0) is 20.4. The van der Waals surface area contributed by atoms with Gasteiger partial charge >= 0.3 is 0 Å². The van der Waals surface area contributed by atoms with Gasteiger partial charge in [0.15, 0.2) is 5.96 Å². The number of nitrogens with one attached hydrogen (secondary N) is 2. The van der Waals surface area contributed by atoms with Crippen LogP contribution in [0.3, 0.4) is 0 Å². The summed E-state index contributed by atoms with van der Waals surface area (Å²) < 4.78 is 10.7. The second-order valence-electron chi connectivity index (χ2n) is 6.78. The summed E-state index contributed by atoms with van der Waals surface area (Å²) in [6, 6.07) is 14.4. The fourth-order valence-electron chi connectivity index (χ4n) is 2.80. The van der Waals surface area contributed by atoms with E-state index in [0.717, 1.165) is 36.1 Å². The van der Waals surface area contributed by atoms with Gasteiger partial charge in [-0.15, -0.1) is 24.0 Å². The first kappa shape index (κ1) is 25.0. The summed E-state index contributed by atoms with van der Waals surface area (Å²) in [5.41, 5.74) is 3.53. The number of hydrogen-bond acceptors (Lipinski definition) is 4. The van der Waals surface area contributed by atoms with Crippen molar-refractivity contribution in [3.05, 3.63) is 59.2 Å². The van der Waals surface area contributed by atoms with Gasteiger partial charge in [0.25, 0.3) is 0 Å². The van der Waals surface area contributed by atoms with Gasteiger partial charge in [-0.05, 0) is 44.3 Å². The van der Waals surface area contributed by atoms with E-state index in [9.17, 15) is 0 Å². The molecule has 2 N–H and O–H groups in total. The van der Waals surface area contributed by atoms with Crippen LogP contribution in [0.2, 0.25) is 0 Å². The quantitative estimate of drug-likeness (QED) is 0.305. The molecule has 0 aliphatic rings. The summed E-state index contributed by atoms with van der Waals surface area (Å²) in [6.45, 7) is 5.03. The van der Waals surface area contributed by atoms with Crippen molar-refractivity contribution < 1.29 is 9.47 Å². The highest BCUT2D eigenvalue weighted by Crippen LogP contribution is 2.24. The third-order valence-corrected chi connectivity index (χ3v) is 4.23. The van der Waals surface area contributed by atoms with E-state index in [4.69, 9.17) is 14.5 Å². The van der Waals surface area contributed by atoms with Gasteiger partial charge in [-0.2, -0.15) is 0 Å². The van der Waals surface area contributed by atoms with Crippen molar-refractivity contribution in [2.24, 2.45) is 4.99 Å². The lowest BCUT2D eigenvalue weighted by Gasteiger charge is -2.14. The first-order chi connectivity index (χ1) is 13.5. The minimum Gasteiger partial charge on any atom is -0.497 e. The molecular formula is C22H33IN4O2. The molecule has 0 saturated heterocycles. The number of methoxy groups -OCH3 is 2. The molecule has 0 unspecified atom stereocenters. The molecule has 160 valence electrons. The summed E-state index contributed by atoms with van der Waals surface area (Å²) in [6.07, 6.45) is 0. The lowest BCUT2D eigenvalue weighted by Crippen LogP contribution is -2.36. The third kappa shape index (κ3) is 8.49. The van der Waals surface area contributed by atoms with Gasteiger partial charge in [0, 0.05) is 31.3 Å². The summed E-state index contributed by atoms with van der Waals surface area (Å²) in [7, 11) is 7.46. The number of halogens is 1. The van der Waals surface area contributed by atoms with Crippen molar-refractivity contribution in [1.29, 1.82) is 0 Å². The van der Waals surface area contributed by atoms with Crippen molar-refractivity contribution in [3.8, 4) is 11.5 Å². The van der Waals surface area contributed by atoms with Gasteiger partial charge in [0.05, 0.1) is 20.8 Å². The fourth-order valence-corrected chi connectivity index (χ4v) is 2.80. The number of guanidine groups is 1. The molecule has 0 amide bonds. The van der Waals surface area contributed by atoms with Crippen LogP contribution < -0.4 is 20.1 Å². The summed E-state index contributed by atoms with van der Waals surface area (Å²) in [5, 5.41) is 6.66. The Morgan fingerprint density at radius 2 is 1.66 bits per heavy atom. The van der Waals surface area contributed by atoms with Crippen molar-refractivity contribution >= 4 is 29.9 Å². The van der Waals surface area contributed by atoms with Crippen LogP contribution in [-0.4, -0.2) is 45.7 Å². The number of nitrogens with zero attached hydrogens (tertiary/aromatic N) is 2. The topological polar surface area (TPSA) is 58.1 Å². The molecule has 2 aromatic rings. The van der Waals surface area contributed by atoms with Crippen molar-refractivity contribution in [2.45, 2.75) is 26.6 Å². The average molecular weight is 512 g/mol. The smallest absolute Gasteiger partial charge is 0.191 e. The number of rotatable bonds is 9. The molecule has 6 nitrogen and oxygen atoms in total. The maximum atomic E-state index is 5.46. The Morgan fingerprint density at radius 1 is 0.966 bits per heavy atom. The molecule has 29 heavy (non-hydrogen) atoms. The molecule has 0 bridgehead atoms. The van der Waals surface area contributed by atoms with Crippen molar-refractivity contribution in [2.75, 3.05) is 34.9 Å². The second kappa shape index (κ2) is 13.3. The molecule has 0 heterocycles. The molecule has 0 radical (unpaired) electrons. The minimum absolute atomic E-state index is 0. The van der Waals surface area contributed by atoms with Gasteiger partial charge in [0.2, 0.25) is 0 Å². The molecule has 0 aromatic heterocycles. The molecule has 0 fully saturated rings. The van der Waals surface area contributed by atoms with Gasteiger partial charge in [0.1, 0.15) is 11.5 Å². The zero-order valence-corrected chi connectivity index (χ0v) is 20.3. The van der Waals surface area contributed by atoms with Crippen LogP contribution >= 0.6 is 24.0 Å². The monoisotopic (exact) mass is 512 g/mol. The zero-order valence-electron chi connectivity index (χ0n) is 18.0. The van der Waals surface area contributed by atoms with Crippen LogP contribution in [0, 0.1) is 0 Å². The fraction of sp³-hybridized carbons (Fsp3) is 0.409.